The van der Waals surface area contributed by atoms with Crippen LogP contribution in [0.3, 0.4) is 0 Å². The fourth-order valence-corrected chi connectivity index (χ4v) is 2.15. The van der Waals surface area contributed by atoms with Crippen molar-refractivity contribution in [1.29, 1.82) is 0 Å². The molecule has 1 aromatic rings. The monoisotopic (exact) mass is 253 g/mol. The SMILES string of the molecule is CC.CF.Cc1ccccc1CN1CCCCC1. The van der Waals surface area contributed by atoms with Crippen molar-refractivity contribution in [2.24, 2.45) is 0 Å². The number of halogens is 1. The fourth-order valence-electron chi connectivity index (χ4n) is 2.15. The molecule has 0 radical (unpaired) electrons. The number of rotatable bonds is 2. The molecular weight excluding hydrogens is 225 g/mol. The number of likely N-dealkylation sites (tertiary alicyclic amines) is 1. The molecule has 0 aliphatic carbocycles. The highest BCUT2D eigenvalue weighted by Crippen LogP contribution is 2.15. The van der Waals surface area contributed by atoms with E-state index >= 15 is 0 Å². The van der Waals surface area contributed by atoms with Crippen LogP contribution in [0.25, 0.3) is 0 Å². The van der Waals surface area contributed by atoms with Gasteiger partial charge in [-0.3, -0.25) is 9.29 Å². The predicted octanol–water partition coefficient (Wildman–Crippen LogP) is 4.59. The molecule has 1 nitrogen and oxygen atoms in total. The maximum atomic E-state index is 9.50. The smallest absolute Gasteiger partial charge is 0.0785 e. The van der Waals surface area contributed by atoms with Gasteiger partial charge in [-0.25, -0.2) is 0 Å². The zero-order valence-corrected chi connectivity index (χ0v) is 12.4. The maximum absolute atomic E-state index is 9.50. The van der Waals surface area contributed by atoms with E-state index in [0.29, 0.717) is 7.18 Å². The molecule has 0 bridgehead atoms. The lowest BCUT2D eigenvalue weighted by molar-refractivity contribution is 0.220. The lowest BCUT2D eigenvalue weighted by atomic mass is 10.1. The van der Waals surface area contributed by atoms with Gasteiger partial charge in [0.15, 0.2) is 0 Å². The number of alkyl halides is 1. The Morgan fingerprint density at radius 2 is 1.56 bits per heavy atom. The van der Waals surface area contributed by atoms with Gasteiger partial charge < -0.3 is 0 Å². The number of benzene rings is 1. The van der Waals surface area contributed by atoms with Gasteiger partial charge in [-0.05, 0) is 44.0 Å². The van der Waals surface area contributed by atoms with Gasteiger partial charge >= 0.3 is 0 Å². The van der Waals surface area contributed by atoms with Crippen LogP contribution in [-0.2, 0) is 6.54 Å². The fraction of sp³-hybridized carbons (Fsp3) is 0.625. The Kier molecular flexibility index (Phi) is 10.7. The number of hydrogen-bond acceptors (Lipinski definition) is 1. The molecule has 1 aromatic carbocycles. The molecule has 1 heterocycles. The number of aryl methyl sites for hydroxylation is 1. The van der Waals surface area contributed by atoms with Gasteiger partial charge in [0, 0.05) is 6.54 Å². The highest BCUT2D eigenvalue weighted by Gasteiger charge is 2.10. The number of piperidine rings is 1. The Morgan fingerprint density at radius 3 is 2.11 bits per heavy atom. The molecule has 1 fully saturated rings. The van der Waals surface area contributed by atoms with Gasteiger partial charge in [0.05, 0.1) is 7.18 Å². The van der Waals surface area contributed by atoms with E-state index in [4.69, 9.17) is 0 Å². The summed E-state index contributed by atoms with van der Waals surface area (Å²) in [5.41, 5.74) is 2.92. The van der Waals surface area contributed by atoms with Gasteiger partial charge in [-0.15, -0.1) is 0 Å². The molecule has 104 valence electrons. The van der Waals surface area contributed by atoms with Gasteiger partial charge in [0.2, 0.25) is 0 Å². The minimum absolute atomic E-state index is 0.500. The van der Waals surface area contributed by atoms with Crippen molar-refractivity contribution in [2.45, 2.75) is 46.6 Å². The first-order valence-corrected chi connectivity index (χ1v) is 7.01. The summed E-state index contributed by atoms with van der Waals surface area (Å²) in [5, 5.41) is 0. The van der Waals surface area contributed by atoms with Crippen LogP contribution < -0.4 is 0 Å². The molecule has 1 saturated heterocycles. The lowest BCUT2D eigenvalue weighted by Crippen LogP contribution is -2.29. The molecule has 2 heteroatoms. The highest BCUT2D eigenvalue weighted by atomic mass is 19.1. The van der Waals surface area contributed by atoms with Crippen molar-refractivity contribution < 1.29 is 4.39 Å². The molecule has 18 heavy (non-hydrogen) atoms. The van der Waals surface area contributed by atoms with Crippen LogP contribution in [0.4, 0.5) is 4.39 Å². The summed E-state index contributed by atoms with van der Waals surface area (Å²) in [6, 6.07) is 8.73. The first kappa shape index (κ1) is 17.1. The molecule has 0 unspecified atom stereocenters. The van der Waals surface area contributed by atoms with Crippen LogP contribution in [-0.4, -0.2) is 25.2 Å². The number of nitrogens with zero attached hydrogens (tertiary/aromatic N) is 1. The second-order valence-electron chi connectivity index (χ2n) is 4.26. The highest BCUT2D eigenvalue weighted by molar-refractivity contribution is 5.25. The maximum Gasteiger partial charge on any atom is 0.0785 e. The average molecular weight is 253 g/mol. The Bertz CT molecular complexity index is 293. The molecule has 0 spiro atoms. The van der Waals surface area contributed by atoms with Crippen molar-refractivity contribution in [3.63, 3.8) is 0 Å². The summed E-state index contributed by atoms with van der Waals surface area (Å²) in [6.07, 6.45) is 4.18. The Labute approximate surface area is 112 Å². The van der Waals surface area contributed by atoms with E-state index in [1.54, 1.807) is 0 Å². The summed E-state index contributed by atoms with van der Waals surface area (Å²) in [5.74, 6) is 0. The van der Waals surface area contributed by atoms with Crippen LogP contribution in [0.5, 0.6) is 0 Å². The van der Waals surface area contributed by atoms with E-state index in [0.717, 1.165) is 6.54 Å². The molecule has 0 atom stereocenters. The van der Waals surface area contributed by atoms with Gasteiger partial charge in [0.1, 0.15) is 0 Å². The van der Waals surface area contributed by atoms with E-state index in [-0.39, 0.29) is 0 Å². The summed E-state index contributed by atoms with van der Waals surface area (Å²) in [7, 11) is 0.500. The van der Waals surface area contributed by atoms with Gasteiger partial charge in [0.25, 0.3) is 0 Å². The van der Waals surface area contributed by atoms with Gasteiger partial charge in [-0.1, -0.05) is 44.5 Å². The third-order valence-corrected chi connectivity index (χ3v) is 3.10. The quantitative estimate of drug-likeness (QED) is 0.745. The average Bonchev–Trinajstić information content (AvgIpc) is 2.47. The van der Waals surface area contributed by atoms with Crippen molar-refractivity contribution >= 4 is 0 Å². The van der Waals surface area contributed by atoms with Crippen LogP contribution >= 0.6 is 0 Å². The lowest BCUT2D eigenvalue weighted by Gasteiger charge is -2.26. The minimum Gasteiger partial charge on any atom is -0.299 e. The van der Waals surface area contributed by atoms with Crippen molar-refractivity contribution in [3.8, 4) is 0 Å². The zero-order valence-electron chi connectivity index (χ0n) is 12.4. The van der Waals surface area contributed by atoms with Crippen LogP contribution in [0.1, 0.15) is 44.2 Å². The van der Waals surface area contributed by atoms with E-state index < -0.39 is 0 Å². The third kappa shape index (κ3) is 6.15. The molecule has 0 aromatic heterocycles. The van der Waals surface area contributed by atoms with E-state index in [2.05, 4.69) is 36.1 Å². The Hall–Kier alpha value is -0.890. The third-order valence-electron chi connectivity index (χ3n) is 3.10. The summed E-state index contributed by atoms with van der Waals surface area (Å²) >= 11 is 0. The van der Waals surface area contributed by atoms with E-state index in [1.165, 1.54) is 43.5 Å². The molecular formula is C16H28FN. The molecule has 0 saturated carbocycles. The predicted molar refractivity (Wildman–Crippen MR) is 78.7 cm³/mol. The zero-order chi connectivity index (χ0) is 13.8. The summed E-state index contributed by atoms with van der Waals surface area (Å²) in [4.78, 5) is 2.58. The molecule has 1 aliphatic rings. The van der Waals surface area contributed by atoms with E-state index in [9.17, 15) is 4.39 Å². The van der Waals surface area contributed by atoms with Crippen molar-refractivity contribution in [2.75, 3.05) is 20.3 Å². The molecule has 0 amide bonds. The van der Waals surface area contributed by atoms with Gasteiger partial charge in [-0.2, -0.15) is 0 Å². The van der Waals surface area contributed by atoms with Crippen LogP contribution in [0, 0.1) is 6.92 Å². The number of hydrogen-bond donors (Lipinski definition) is 0. The first-order chi connectivity index (χ1) is 8.86. The first-order valence-electron chi connectivity index (χ1n) is 7.01. The Balaban J connectivity index is 0.000000659. The summed E-state index contributed by atoms with van der Waals surface area (Å²) < 4.78 is 9.50. The van der Waals surface area contributed by atoms with Crippen molar-refractivity contribution in [1.82, 2.24) is 4.90 Å². The summed E-state index contributed by atoms with van der Waals surface area (Å²) in [6.45, 7) is 9.93. The van der Waals surface area contributed by atoms with Crippen molar-refractivity contribution in [3.05, 3.63) is 35.4 Å². The normalized spacial score (nSPS) is 14.9. The minimum atomic E-state index is 0.500. The van der Waals surface area contributed by atoms with E-state index in [1.807, 2.05) is 13.8 Å². The Morgan fingerprint density at radius 1 is 1.00 bits per heavy atom. The second-order valence-corrected chi connectivity index (χ2v) is 4.26. The second kappa shape index (κ2) is 11.2. The molecule has 2 rings (SSSR count). The largest absolute Gasteiger partial charge is 0.299 e. The molecule has 1 aliphatic heterocycles. The molecule has 0 N–H and O–H groups in total. The topological polar surface area (TPSA) is 3.24 Å². The van der Waals surface area contributed by atoms with Crippen LogP contribution in [0.15, 0.2) is 24.3 Å². The standard InChI is InChI=1S/C13H19N.C2H6.CH3F/c1-12-7-3-4-8-13(12)11-14-9-5-2-6-10-14;2*1-2/h3-4,7-8H,2,5-6,9-11H2,1H3;1-2H3;1H3. The van der Waals surface area contributed by atoms with Crippen LogP contribution in [0.2, 0.25) is 0 Å².